The standard InChI is InChI=1S/C9H17NO2/c1-2-6-12-9(11)7-8-4-3-5-10-8/h8,10H,2-7H2,1H3. The summed E-state index contributed by atoms with van der Waals surface area (Å²) in [6.07, 6.45) is 3.75. The number of esters is 1. The molecule has 0 aromatic rings. The van der Waals surface area contributed by atoms with E-state index in [4.69, 9.17) is 4.74 Å². The summed E-state index contributed by atoms with van der Waals surface area (Å²) in [5.74, 6) is -0.0590. The molecule has 1 fully saturated rings. The van der Waals surface area contributed by atoms with E-state index < -0.39 is 0 Å². The van der Waals surface area contributed by atoms with Gasteiger partial charge in [0, 0.05) is 6.04 Å². The smallest absolute Gasteiger partial charge is 0.307 e. The van der Waals surface area contributed by atoms with Gasteiger partial charge in [0.1, 0.15) is 0 Å². The maximum Gasteiger partial charge on any atom is 0.307 e. The molecular weight excluding hydrogens is 154 g/mol. The third-order valence-corrected chi connectivity index (χ3v) is 2.04. The summed E-state index contributed by atoms with van der Waals surface area (Å²) >= 11 is 0. The van der Waals surface area contributed by atoms with E-state index in [1.54, 1.807) is 0 Å². The van der Waals surface area contributed by atoms with Gasteiger partial charge in [-0.25, -0.2) is 0 Å². The Morgan fingerprint density at radius 1 is 1.67 bits per heavy atom. The largest absolute Gasteiger partial charge is 0.466 e. The highest BCUT2D eigenvalue weighted by molar-refractivity contribution is 5.70. The SMILES string of the molecule is CCCOC(=O)CC1CCCN1. The highest BCUT2D eigenvalue weighted by Gasteiger charge is 2.17. The summed E-state index contributed by atoms with van der Waals surface area (Å²) in [5.41, 5.74) is 0. The van der Waals surface area contributed by atoms with Crippen molar-refractivity contribution in [1.29, 1.82) is 0 Å². The van der Waals surface area contributed by atoms with Gasteiger partial charge in [-0.1, -0.05) is 6.92 Å². The highest BCUT2D eigenvalue weighted by atomic mass is 16.5. The van der Waals surface area contributed by atoms with E-state index in [0.29, 0.717) is 19.1 Å². The molecule has 1 atom stereocenters. The second-order valence-electron chi connectivity index (χ2n) is 3.22. The van der Waals surface area contributed by atoms with Gasteiger partial charge in [-0.3, -0.25) is 4.79 Å². The minimum Gasteiger partial charge on any atom is -0.466 e. The average molecular weight is 171 g/mol. The van der Waals surface area contributed by atoms with Crippen LogP contribution in [0.5, 0.6) is 0 Å². The van der Waals surface area contributed by atoms with E-state index >= 15 is 0 Å². The summed E-state index contributed by atoms with van der Waals surface area (Å²) < 4.78 is 4.97. The van der Waals surface area contributed by atoms with Gasteiger partial charge in [0.05, 0.1) is 13.0 Å². The van der Waals surface area contributed by atoms with E-state index in [9.17, 15) is 4.79 Å². The maximum atomic E-state index is 11.1. The lowest BCUT2D eigenvalue weighted by molar-refractivity contribution is -0.144. The van der Waals surface area contributed by atoms with Gasteiger partial charge >= 0.3 is 5.97 Å². The Labute approximate surface area is 73.5 Å². The molecule has 0 aromatic heterocycles. The molecular formula is C9H17NO2. The van der Waals surface area contributed by atoms with Crippen molar-refractivity contribution in [2.24, 2.45) is 0 Å². The summed E-state index contributed by atoms with van der Waals surface area (Å²) in [5, 5.41) is 3.26. The third-order valence-electron chi connectivity index (χ3n) is 2.04. The molecule has 1 heterocycles. The molecule has 1 N–H and O–H groups in total. The molecule has 1 aliphatic rings. The molecule has 0 bridgehead atoms. The normalized spacial score (nSPS) is 22.6. The molecule has 0 spiro atoms. The zero-order valence-corrected chi connectivity index (χ0v) is 7.64. The summed E-state index contributed by atoms with van der Waals surface area (Å²) in [4.78, 5) is 11.1. The summed E-state index contributed by atoms with van der Waals surface area (Å²) in [6, 6.07) is 0.370. The molecule has 1 saturated heterocycles. The molecule has 0 amide bonds. The van der Waals surface area contributed by atoms with Crippen molar-refractivity contribution in [2.45, 2.75) is 38.6 Å². The van der Waals surface area contributed by atoms with Crippen LogP contribution >= 0.6 is 0 Å². The first kappa shape index (κ1) is 9.52. The zero-order chi connectivity index (χ0) is 8.81. The van der Waals surface area contributed by atoms with Crippen LogP contribution < -0.4 is 5.32 Å². The van der Waals surface area contributed by atoms with Crippen LogP contribution in [0.3, 0.4) is 0 Å². The average Bonchev–Trinajstić information content (AvgIpc) is 2.53. The lowest BCUT2D eigenvalue weighted by atomic mass is 10.2. The predicted molar refractivity (Wildman–Crippen MR) is 46.9 cm³/mol. The van der Waals surface area contributed by atoms with Crippen molar-refractivity contribution in [3.63, 3.8) is 0 Å². The van der Waals surface area contributed by atoms with Crippen LogP contribution in [-0.4, -0.2) is 25.2 Å². The van der Waals surface area contributed by atoms with Crippen molar-refractivity contribution < 1.29 is 9.53 Å². The van der Waals surface area contributed by atoms with Gasteiger partial charge in [-0.2, -0.15) is 0 Å². The Balaban J connectivity index is 2.08. The molecule has 70 valence electrons. The number of hydrogen-bond donors (Lipinski definition) is 1. The molecule has 0 aliphatic carbocycles. The second kappa shape index (κ2) is 5.14. The maximum absolute atomic E-state index is 11.1. The third kappa shape index (κ3) is 3.22. The van der Waals surface area contributed by atoms with E-state index in [0.717, 1.165) is 19.4 Å². The van der Waals surface area contributed by atoms with E-state index in [-0.39, 0.29) is 5.97 Å². The first-order chi connectivity index (χ1) is 5.83. The molecule has 1 aliphatic heterocycles. The summed E-state index contributed by atoms with van der Waals surface area (Å²) in [6.45, 7) is 3.61. The number of carbonyl (C=O) groups is 1. The second-order valence-corrected chi connectivity index (χ2v) is 3.22. The predicted octanol–water partition coefficient (Wildman–Crippen LogP) is 1.08. The molecule has 3 heteroatoms. The van der Waals surface area contributed by atoms with Crippen molar-refractivity contribution in [2.75, 3.05) is 13.2 Å². The fourth-order valence-electron chi connectivity index (χ4n) is 1.41. The lowest BCUT2D eigenvalue weighted by Gasteiger charge is -2.08. The number of ether oxygens (including phenoxy) is 1. The highest BCUT2D eigenvalue weighted by Crippen LogP contribution is 2.09. The number of rotatable bonds is 4. The molecule has 3 nitrogen and oxygen atoms in total. The Hall–Kier alpha value is -0.570. The molecule has 0 aromatic carbocycles. The minimum atomic E-state index is -0.0590. The van der Waals surface area contributed by atoms with Gasteiger partial charge in [0.2, 0.25) is 0 Å². The molecule has 0 saturated carbocycles. The quantitative estimate of drug-likeness (QED) is 0.643. The number of nitrogens with one attached hydrogen (secondary N) is 1. The van der Waals surface area contributed by atoms with Gasteiger partial charge in [-0.05, 0) is 25.8 Å². The first-order valence-electron chi connectivity index (χ1n) is 4.72. The van der Waals surface area contributed by atoms with E-state index in [1.807, 2.05) is 6.92 Å². The molecule has 1 unspecified atom stereocenters. The lowest BCUT2D eigenvalue weighted by Crippen LogP contribution is -2.25. The van der Waals surface area contributed by atoms with Crippen LogP contribution in [-0.2, 0) is 9.53 Å². The van der Waals surface area contributed by atoms with Crippen molar-refractivity contribution in [3.05, 3.63) is 0 Å². The van der Waals surface area contributed by atoms with Gasteiger partial charge in [0.15, 0.2) is 0 Å². The first-order valence-corrected chi connectivity index (χ1v) is 4.72. The van der Waals surface area contributed by atoms with Crippen LogP contribution in [0.1, 0.15) is 32.6 Å². The Kier molecular flexibility index (Phi) is 4.08. The van der Waals surface area contributed by atoms with Crippen LogP contribution in [0.15, 0.2) is 0 Å². The van der Waals surface area contributed by atoms with Gasteiger partial charge in [-0.15, -0.1) is 0 Å². The Morgan fingerprint density at radius 2 is 2.50 bits per heavy atom. The molecule has 12 heavy (non-hydrogen) atoms. The van der Waals surface area contributed by atoms with E-state index in [2.05, 4.69) is 5.32 Å². The van der Waals surface area contributed by atoms with Crippen LogP contribution in [0.2, 0.25) is 0 Å². The van der Waals surface area contributed by atoms with Crippen LogP contribution in [0.25, 0.3) is 0 Å². The topological polar surface area (TPSA) is 38.3 Å². The number of carbonyl (C=O) groups excluding carboxylic acids is 1. The Bertz CT molecular complexity index is 141. The summed E-state index contributed by atoms with van der Waals surface area (Å²) in [7, 11) is 0. The monoisotopic (exact) mass is 171 g/mol. The minimum absolute atomic E-state index is 0.0590. The fraction of sp³-hybridized carbons (Fsp3) is 0.889. The van der Waals surface area contributed by atoms with Crippen molar-refractivity contribution in [1.82, 2.24) is 5.32 Å². The van der Waals surface area contributed by atoms with Crippen LogP contribution in [0.4, 0.5) is 0 Å². The fourth-order valence-corrected chi connectivity index (χ4v) is 1.41. The van der Waals surface area contributed by atoms with E-state index in [1.165, 1.54) is 6.42 Å². The van der Waals surface area contributed by atoms with Crippen molar-refractivity contribution >= 4 is 5.97 Å². The number of hydrogen-bond acceptors (Lipinski definition) is 3. The Morgan fingerprint density at radius 3 is 3.08 bits per heavy atom. The van der Waals surface area contributed by atoms with Crippen molar-refractivity contribution in [3.8, 4) is 0 Å². The zero-order valence-electron chi connectivity index (χ0n) is 7.64. The molecule has 1 rings (SSSR count). The van der Waals surface area contributed by atoms with Gasteiger partial charge < -0.3 is 10.1 Å². The van der Waals surface area contributed by atoms with Crippen LogP contribution in [0, 0.1) is 0 Å². The van der Waals surface area contributed by atoms with Gasteiger partial charge in [0.25, 0.3) is 0 Å². The molecule has 0 radical (unpaired) electrons.